The number of benzene rings is 2. The molecule has 0 fully saturated rings. The maximum absolute atomic E-state index is 3.60. The fraction of sp³-hybridized carbons (Fsp3) is 0.400. The molecule has 2 rings (SSSR count). The lowest BCUT2D eigenvalue weighted by molar-refractivity contribution is 0.506. The van der Waals surface area contributed by atoms with Crippen LogP contribution in [0.1, 0.15) is 56.8 Å². The van der Waals surface area contributed by atoms with Crippen LogP contribution in [-0.2, 0) is 5.41 Å². The highest BCUT2D eigenvalue weighted by atomic mass is 14.9. The standard InChI is InChI=1S/C20H27N/c1-6-20(4,5)18-13-11-17(12-14-18)16(3)21-19-10-8-7-9-15(19)2/h7-14,16,21H,6H2,1-5H3. The second kappa shape index (κ2) is 6.34. The molecule has 1 N–H and O–H groups in total. The highest BCUT2D eigenvalue weighted by molar-refractivity contribution is 5.51. The number of anilines is 1. The van der Waals surface area contributed by atoms with Crippen LogP contribution in [0.5, 0.6) is 0 Å². The monoisotopic (exact) mass is 281 g/mol. The molecule has 0 aliphatic carbocycles. The third-order valence-corrected chi connectivity index (χ3v) is 4.59. The van der Waals surface area contributed by atoms with Crippen molar-refractivity contribution in [1.29, 1.82) is 0 Å². The van der Waals surface area contributed by atoms with Gasteiger partial charge in [-0.15, -0.1) is 0 Å². The van der Waals surface area contributed by atoms with Gasteiger partial charge in [-0.3, -0.25) is 0 Å². The third kappa shape index (κ3) is 3.66. The summed E-state index contributed by atoms with van der Waals surface area (Å²) >= 11 is 0. The van der Waals surface area contributed by atoms with Crippen molar-refractivity contribution in [2.75, 3.05) is 5.32 Å². The summed E-state index contributed by atoms with van der Waals surface area (Å²) in [6.07, 6.45) is 1.16. The Labute approximate surface area is 129 Å². The van der Waals surface area contributed by atoms with Crippen LogP contribution < -0.4 is 5.32 Å². The quantitative estimate of drug-likeness (QED) is 0.724. The predicted molar refractivity (Wildman–Crippen MR) is 93.0 cm³/mol. The molecule has 0 heterocycles. The lowest BCUT2D eigenvalue weighted by Gasteiger charge is -2.24. The minimum Gasteiger partial charge on any atom is -0.378 e. The minimum atomic E-state index is 0.255. The van der Waals surface area contributed by atoms with Gasteiger partial charge in [0.2, 0.25) is 0 Å². The van der Waals surface area contributed by atoms with Gasteiger partial charge in [0.25, 0.3) is 0 Å². The van der Waals surface area contributed by atoms with Crippen LogP contribution in [0.3, 0.4) is 0 Å². The normalized spacial score (nSPS) is 13.0. The van der Waals surface area contributed by atoms with Crippen LogP contribution in [0, 0.1) is 6.92 Å². The van der Waals surface area contributed by atoms with E-state index in [-0.39, 0.29) is 5.41 Å². The Hall–Kier alpha value is -1.76. The zero-order valence-electron chi connectivity index (χ0n) is 13.9. The Bertz CT molecular complexity index is 581. The molecule has 0 aliphatic heterocycles. The summed E-state index contributed by atoms with van der Waals surface area (Å²) in [5.74, 6) is 0. The van der Waals surface area contributed by atoms with E-state index in [1.54, 1.807) is 0 Å². The molecule has 1 atom stereocenters. The van der Waals surface area contributed by atoms with E-state index in [1.165, 1.54) is 22.4 Å². The second-order valence-corrected chi connectivity index (χ2v) is 6.54. The molecule has 1 heteroatoms. The molecule has 0 aromatic heterocycles. The fourth-order valence-corrected chi connectivity index (χ4v) is 2.48. The summed E-state index contributed by atoms with van der Waals surface area (Å²) in [4.78, 5) is 0. The van der Waals surface area contributed by atoms with Gasteiger partial charge in [0.15, 0.2) is 0 Å². The van der Waals surface area contributed by atoms with E-state index in [0.717, 1.165) is 6.42 Å². The number of hydrogen-bond acceptors (Lipinski definition) is 1. The van der Waals surface area contributed by atoms with Crippen molar-refractivity contribution >= 4 is 5.69 Å². The van der Waals surface area contributed by atoms with Crippen molar-refractivity contribution in [2.24, 2.45) is 0 Å². The van der Waals surface area contributed by atoms with Gasteiger partial charge in [-0.1, -0.05) is 63.2 Å². The maximum atomic E-state index is 3.60. The van der Waals surface area contributed by atoms with E-state index in [4.69, 9.17) is 0 Å². The van der Waals surface area contributed by atoms with Crippen molar-refractivity contribution in [3.63, 3.8) is 0 Å². The summed E-state index contributed by atoms with van der Waals surface area (Å²) < 4.78 is 0. The topological polar surface area (TPSA) is 12.0 Å². The van der Waals surface area contributed by atoms with Gasteiger partial charge < -0.3 is 5.32 Å². The van der Waals surface area contributed by atoms with Gasteiger partial charge in [-0.05, 0) is 48.4 Å². The second-order valence-electron chi connectivity index (χ2n) is 6.54. The molecule has 2 aromatic carbocycles. The van der Waals surface area contributed by atoms with Crippen molar-refractivity contribution in [3.8, 4) is 0 Å². The average Bonchev–Trinajstić information content (AvgIpc) is 2.49. The van der Waals surface area contributed by atoms with Crippen molar-refractivity contribution < 1.29 is 0 Å². The number of para-hydroxylation sites is 1. The van der Waals surface area contributed by atoms with Crippen molar-refractivity contribution in [2.45, 2.75) is 52.5 Å². The average molecular weight is 281 g/mol. The molecule has 0 radical (unpaired) electrons. The Morgan fingerprint density at radius 3 is 2.19 bits per heavy atom. The van der Waals surface area contributed by atoms with Gasteiger partial charge in [0.1, 0.15) is 0 Å². The molecule has 0 saturated heterocycles. The summed E-state index contributed by atoms with van der Waals surface area (Å²) in [5, 5.41) is 3.60. The molecule has 1 unspecified atom stereocenters. The SMILES string of the molecule is CCC(C)(C)c1ccc(C(C)Nc2ccccc2C)cc1. The van der Waals surface area contributed by atoms with E-state index < -0.39 is 0 Å². The predicted octanol–water partition coefficient (Wildman–Crippen LogP) is 5.86. The highest BCUT2D eigenvalue weighted by Gasteiger charge is 2.18. The van der Waals surface area contributed by atoms with E-state index in [2.05, 4.69) is 88.5 Å². The van der Waals surface area contributed by atoms with Gasteiger partial charge in [-0.2, -0.15) is 0 Å². The van der Waals surface area contributed by atoms with Crippen LogP contribution in [-0.4, -0.2) is 0 Å². The molecule has 0 amide bonds. The number of aryl methyl sites for hydroxylation is 1. The number of rotatable bonds is 5. The van der Waals surface area contributed by atoms with Gasteiger partial charge >= 0.3 is 0 Å². The third-order valence-electron chi connectivity index (χ3n) is 4.59. The van der Waals surface area contributed by atoms with E-state index in [9.17, 15) is 0 Å². The first-order valence-corrected chi connectivity index (χ1v) is 7.86. The number of nitrogens with one attached hydrogen (secondary N) is 1. The zero-order chi connectivity index (χ0) is 15.5. The zero-order valence-corrected chi connectivity index (χ0v) is 13.9. The van der Waals surface area contributed by atoms with E-state index in [1.807, 2.05) is 0 Å². The molecule has 21 heavy (non-hydrogen) atoms. The fourth-order valence-electron chi connectivity index (χ4n) is 2.48. The molecule has 0 bridgehead atoms. The minimum absolute atomic E-state index is 0.255. The lowest BCUT2D eigenvalue weighted by atomic mass is 9.82. The first-order valence-electron chi connectivity index (χ1n) is 7.86. The molecule has 0 spiro atoms. The molecular weight excluding hydrogens is 254 g/mol. The van der Waals surface area contributed by atoms with Gasteiger partial charge in [0, 0.05) is 11.7 Å². The van der Waals surface area contributed by atoms with E-state index in [0.29, 0.717) is 6.04 Å². The summed E-state index contributed by atoms with van der Waals surface area (Å²) in [6, 6.07) is 17.8. The van der Waals surface area contributed by atoms with Crippen LogP contribution in [0.4, 0.5) is 5.69 Å². The molecule has 1 nitrogen and oxygen atoms in total. The first-order chi connectivity index (χ1) is 9.94. The van der Waals surface area contributed by atoms with Crippen LogP contribution in [0.25, 0.3) is 0 Å². The van der Waals surface area contributed by atoms with Crippen molar-refractivity contribution in [3.05, 3.63) is 65.2 Å². The number of hydrogen-bond donors (Lipinski definition) is 1. The first kappa shape index (κ1) is 15.6. The largest absolute Gasteiger partial charge is 0.378 e. The Morgan fingerprint density at radius 2 is 1.62 bits per heavy atom. The Kier molecular flexibility index (Phi) is 4.72. The summed E-state index contributed by atoms with van der Waals surface area (Å²) in [7, 11) is 0. The molecular formula is C20H27N. The van der Waals surface area contributed by atoms with E-state index >= 15 is 0 Å². The molecule has 0 saturated carbocycles. The van der Waals surface area contributed by atoms with Gasteiger partial charge in [0.05, 0.1) is 0 Å². The summed E-state index contributed by atoms with van der Waals surface area (Å²) in [5.41, 5.74) is 5.49. The van der Waals surface area contributed by atoms with Gasteiger partial charge in [-0.25, -0.2) is 0 Å². The highest BCUT2D eigenvalue weighted by Crippen LogP contribution is 2.28. The smallest absolute Gasteiger partial charge is 0.0485 e. The molecule has 2 aromatic rings. The van der Waals surface area contributed by atoms with Crippen LogP contribution >= 0.6 is 0 Å². The van der Waals surface area contributed by atoms with Crippen LogP contribution in [0.2, 0.25) is 0 Å². The summed E-state index contributed by atoms with van der Waals surface area (Å²) in [6.45, 7) is 11.2. The Balaban J connectivity index is 2.14. The lowest BCUT2D eigenvalue weighted by Crippen LogP contribution is -2.15. The maximum Gasteiger partial charge on any atom is 0.0485 e. The van der Waals surface area contributed by atoms with Crippen molar-refractivity contribution in [1.82, 2.24) is 0 Å². The Morgan fingerprint density at radius 1 is 1.00 bits per heavy atom. The molecule has 0 aliphatic rings. The molecule has 112 valence electrons. The van der Waals surface area contributed by atoms with Crippen LogP contribution in [0.15, 0.2) is 48.5 Å².